The minimum absolute atomic E-state index is 0.148. The van der Waals surface area contributed by atoms with E-state index in [1.807, 2.05) is 12.1 Å². The lowest BCUT2D eigenvalue weighted by Gasteiger charge is -2.29. The Morgan fingerprint density at radius 3 is 2.71 bits per heavy atom. The van der Waals surface area contributed by atoms with Crippen molar-refractivity contribution in [2.75, 3.05) is 19.6 Å². The Bertz CT molecular complexity index is 445. The van der Waals surface area contributed by atoms with Gasteiger partial charge >= 0.3 is 0 Å². The van der Waals surface area contributed by atoms with Gasteiger partial charge in [-0.3, -0.25) is 0 Å². The van der Waals surface area contributed by atoms with Gasteiger partial charge in [-0.2, -0.15) is 0 Å². The van der Waals surface area contributed by atoms with Crippen molar-refractivity contribution >= 4 is 0 Å². The third-order valence-corrected chi connectivity index (χ3v) is 5.14. The highest BCUT2D eigenvalue weighted by molar-refractivity contribution is 5.20. The van der Waals surface area contributed by atoms with Crippen molar-refractivity contribution in [1.29, 1.82) is 0 Å². The highest BCUT2D eigenvalue weighted by atomic mass is 19.1. The summed E-state index contributed by atoms with van der Waals surface area (Å²) in [6, 6.07) is 8.21. The summed E-state index contributed by atoms with van der Waals surface area (Å²) in [7, 11) is 0. The zero-order valence-corrected chi connectivity index (χ0v) is 13.0. The first-order valence-corrected chi connectivity index (χ1v) is 8.49. The molecule has 1 N–H and O–H groups in total. The van der Waals surface area contributed by atoms with Crippen molar-refractivity contribution in [3.63, 3.8) is 0 Å². The van der Waals surface area contributed by atoms with Crippen molar-refractivity contribution in [2.24, 2.45) is 5.92 Å². The molecule has 2 nitrogen and oxygen atoms in total. The normalized spacial score (nSPS) is 26.4. The third-order valence-electron chi connectivity index (χ3n) is 5.14. The van der Waals surface area contributed by atoms with Gasteiger partial charge in [0.05, 0.1) is 0 Å². The number of nitrogens with zero attached hydrogens (tertiary/aromatic N) is 1. The summed E-state index contributed by atoms with van der Waals surface area (Å²) < 4.78 is 13.1. The van der Waals surface area contributed by atoms with E-state index in [1.165, 1.54) is 37.9 Å². The molecule has 1 saturated heterocycles. The van der Waals surface area contributed by atoms with E-state index in [9.17, 15) is 4.39 Å². The number of hydrogen-bond donors (Lipinski definition) is 1. The molecule has 0 aromatic heterocycles. The molecule has 1 heterocycles. The van der Waals surface area contributed by atoms with Crippen molar-refractivity contribution < 1.29 is 4.39 Å². The van der Waals surface area contributed by atoms with Gasteiger partial charge in [0, 0.05) is 25.2 Å². The molecular formula is C18H27FN2. The van der Waals surface area contributed by atoms with Crippen LogP contribution in [0.5, 0.6) is 0 Å². The van der Waals surface area contributed by atoms with Crippen LogP contribution in [0.1, 0.15) is 50.6 Å². The number of halogens is 1. The molecule has 1 aromatic rings. The van der Waals surface area contributed by atoms with Gasteiger partial charge in [-0.25, -0.2) is 4.39 Å². The van der Waals surface area contributed by atoms with E-state index < -0.39 is 0 Å². The molecule has 0 radical (unpaired) electrons. The Labute approximate surface area is 127 Å². The average molecular weight is 290 g/mol. The van der Waals surface area contributed by atoms with Crippen LogP contribution >= 0.6 is 0 Å². The average Bonchev–Trinajstić information content (AvgIpc) is 3.11. The summed E-state index contributed by atoms with van der Waals surface area (Å²) in [5.74, 6) is 0.813. The molecule has 2 aliphatic rings. The van der Waals surface area contributed by atoms with Crippen LogP contribution in [-0.2, 0) is 0 Å². The van der Waals surface area contributed by atoms with Crippen LogP contribution < -0.4 is 5.32 Å². The summed E-state index contributed by atoms with van der Waals surface area (Å²) >= 11 is 0. The first-order chi connectivity index (χ1) is 10.3. The highest BCUT2D eigenvalue weighted by Gasteiger charge is 2.37. The molecule has 2 fully saturated rings. The maximum absolute atomic E-state index is 13.1. The van der Waals surface area contributed by atoms with Gasteiger partial charge in [0.15, 0.2) is 0 Å². The summed E-state index contributed by atoms with van der Waals surface area (Å²) in [5.41, 5.74) is 1.22. The minimum Gasteiger partial charge on any atom is -0.310 e. The maximum atomic E-state index is 13.1. The topological polar surface area (TPSA) is 15.3 Å². The van der Waals surface area contributed by atoms with E-state index >= 15 is 0 Å². The number of likely N-dealkylation sites (tertiary alicyclic amines) is 1. The van der Waals surface area contributed by atoms with E-state index in [0.29, 0.717) is 6.04 Å². The standard InChI is InChI=1S/C18H27FN2/c1-2-10-20-18(15-4-6-16(19)7-5-15)9-11-21-13-14-3-8-17(21)12-14/h4-7,14,17-18,20H,2-3,8-13H2,1H3. The van der Waals surface area contributed by atoms with Crippen LogP contribution in [0, 0.1) is 11.7 Å². The summed E-state index contributed by atoms with van der Waals surface area (Å²) in [6.45, 7) is 5.68. The number of piperidine rings is 1. The SMILES string of the molecule is CCCNC(CCN1CC2CCC1C2)c1ccc(F)cc1. The zero-order valence-electron chi connectivity index (χ0n) is 13.0. The predicted molar refractivity (Wildman–Crippen MR) is 84.8 cm³/mol. The first kappa shape index (κ1) is 15.0. The lowest BCUT2D eigenvalue weighted by atomic mass is 10.0. The molecule has 1 aliphatic heterocycles. The van der Waals surface area contributed by atoms with Crippen molar-refractivity contribution in [1.82, 2.24) is 10.2 Å². The number of rotatable bonds is 7. The molecule has 0 amide bonds. The molecule has 1 aliphatic carbocycles. The molecule has 3 rings (SSSR count). The van der Waals surface area contributed by atoms with Crippen molar-refractivity contribution in [3.8, 4) is 0 Å². The van der Waals surface area contributed by atoms with Crippen LogP contribution in [0.25, 0.3) is 0 Å². The van der Waals surface area contributed by atoms with Gasteiger partial charge in [-0.1, -0.05) is 19.1 Å². The minimum atomic E-state index is -0.148. The van der Waals surface area contributed by atoms with Crippen LogP contribution in [-0.4, -0.2) is 30.6 Å². The first-order valence-electron chi connectivity index (χ1n) is 8.49. The van der Waals surface area contributed by atoms with Gasteiger partial charge in [-0.05, 0) is 62.3 Å². The predicted octanol–water partition coefficient (Wildman–Crippen LogP) is 3.74. The van der Waals surface area contributed by atoms with Crippen LogP contribution in [0.15, 0.2) is 24.3 Å². The number of hydrogen-bond acceptors (Lipinski definition) is 2. The van der Waals surface area contributed by atoms with Gasteiger partial charge in [-0.15, -0.1) is 0 Å². The number of benzene rings is 1. The molecular weight excluding hydrogens is 263 g/mol. The molecule has 3 unspecified atom stereocenters. The van der Waals surface area contributed by atoms with Gasteiger partial charge in [0.1, 0.15) is 5.82 Å². The van der Waals surface area contributed by atoms with E-state index in [-0.39, 0.29) is 5.82 Å². The zero-order chi connectivity index (χ0) is 14.7. The Morgan fingerprint density at radius 1 is 1.29 bits per heavy atom. The molecule has 3 heteroatoms. The quantitative estimate of drug-likeness (QED) is 0.823. The Hall–Kier alpha value is -0.930. The maximum Gasteiger partial charge on any atom is 0.123 e. The van der Waals surface area contributed by atoms with Gasteiger partial charge < -0.3 is 10.2 Å². The molecule has 3 atom stereocenters. The van der Waals surface area contributed by atoms with E-state index in [0.717, 1.165) is 31.3 Å². The van der Waals surface area contributed by atoms with Gasteiger partial charge in [0.2, 0.25) is 0 Å². The van der Waals surface area contributed by atoms with E-state index in [1.54, 1.807) is 12.1 Å². The Kier molecular flexibility index (Phi) is 4.91. The van der Waals surface area contributed by atoms with E-state index in [4.69, 9.17) is 0 Å². The fraction of sp³-hybridized carbons (Fsp3) is 0.667. The van der Waals surface area contributed by atoms with Crippen LogP contribution in [0.3, 0.4) is 0 Å². The lowest BCUT2D eigenvalue weighted by Crippen LogP contribution is -2.35. The fourth-order valence-electron chi connectivity index (χ4n) is 4.00. The smallest absolute Gasteiger partial charge is 0.123 e. The fourth-order valence-corrected chi connectivity index (χ4v) is 4.00. The molecule has 2 bridgehead atoms. The second-order valence-corrected chi connectivity index (χ2v) is 6.67. The van der Waals surface area contributed by atoms with Crippen molar-refractivity contribution in [3.05, 3.63) is 35.6 Å². The second kappa shape index (κ2) is 6.89. The third kappa shape index (κ3) is 3.64. The molecule has 21 heavy (non-hydrogen) atoms. The van der Waals surface area contributed by atoms with Crippen molar-refractivity contribution in [2.45, 2.75) is 51.1 Å². The summed E-state index contributed by atoms with van der Waals surface area (Å²) in [4.78, 5) is 2.68. The largest absolute Gasteiger partial charge is 0.310 e. The monoisotopic (exact) mass is 290 g/mol. The molecule has 1 aromatic carbocycles. The molecule has 1 saturated carbocycles. The summed E-state index contributed by atoms with van der Waals surface area (Å²) in [6.07, 6.45) is 6.51. The Morgan fingerprint density at radius 2 is 2.10 bits per heavy atom. The van der Waals surface area contributed by atoms with Gasteiger partial charge in [0.25, 0.3) is 0 Å². The summed E-state index contributed by atoms with van der Waals surface area (Å²) in [5, 5.41) is 3.62. The Balaban J connectivity index is 1.58. The van der Waals surface area contributed by atoms with E-state index in [2.05, 4.69) is 17.1 Å². The second-order valence-electron chi connectivity index (χ2n) is 6.67. The molecule has 116 valence electrons. The highest BCUT2D eigenvalue weighted by Crippen LogP contribution is 2.37. The number of fused-ring (bicyclic) bond motifs is 2. The lowest BCUT2D eigenvalue weighted by molar-refractivity contribution is 0.202. The molecule has 0 spiro atoms. The number of nitrogens with one attached hydrogen (secondary N) is 1. The van der Waals surface area contributed by atoms with Crippen LogP contribution in [0.4, 0.5) is 4.39 Å². The van der Waals surface area contributed by atoms with Crippen LogP contribution in [0.2, 0.25) is 0 Å².